The molecule has 0 bridgehead atoms. The number of piperidine rings is 1. The van der Waals surface area contributed by atoms with Crippen LogP contribution in [0.25, 0.3) is 0 Å². The Morgan fingerprint density at radius 2 is 2.00 bits per heavy atom. The number of nitrogens with one attached hydrogen (secondary N) is 1. The van der Waals surface area contributed by atoms with Crippen molar-refractivity contribution in [2.24, 2.45) is 5.92 Å². The van der Waals surface area contributed by atoms with E-state index < -0.39 is 0 Å². The Morgan fingerprint density at radius 1 is 1.35 bits per heavy atom. The lowest BCUT2D eigenvalue weighted by Crippen LogP contribution is -2.36. The monoisotopic (exact) mass is 346 g/mol. The van der Waals surface area contributed by atoms with E-state index in [4.69, 9.17) is 0 Å². The van der Waals surface area contributed by atoms with Gasteiger partial charge in [0, 0.05) is 29.1 Å². The normalized spacial score (nSPS) is 18.2. The fourth-order valence-electron chi connectivity index (χ4n) is 2.02. The van der Waals surface area contributed by atoms with Gasteiger partial charge in [-0.25, -0.2) is 9.97 Å². The Balaban J connectivity index is 1.67. The molecule has 0 saturated carbocycles. The van der Waals surface area contributed by atoms with Gasteiger partial charge in [0.05, 0.1) is 0 Å². The minimum atomic E-state index is 0.732. The van der Waals surface area contributed by atoms with Gasteiger partial charge in [-0.05, 0) is 54.4 Å². The predicted octanol–water partition coefficient (Wildman–Crippen LogP) is 2.22. The summed E-state index contributed by atoms with van der Waals surface area (Å²) in [6, 6.07) is 0. The first-order valence-electron chi connectivity index (χ1n) is 6.18. The molecule has 17 heavy (non-hydrogen) atoms. The Hall–Kier alpha value is -0.430. The number of hydrogen-bond acceptors (Lipinski definition) is 4. The molecule has 0 amide bonds. The molecule has 94 valence electrons. The Bertz CT molecular complexity index is 333. The second-order valence-electron chi connectivity index (χ2n) is 4.68. The van der Waals surface area contributed by atoms with Crippen molar-refractivity contribution in [1.82, 2.24) is 14.9 Å². The molecule has 1 aliphatic rings. The average molecular weight is 346 g/mol. The van der Waals surface area contributed by atoms with Crippen molar-refractivity contribution in [3.63, 3.8) is 0 Å². The first kappa shape index (κ1) is 13.0. The average Bonchev–Trinajstić information content (AvgIpc) is 2.34. The second kappa shape index (κ2) is 6.49. The molecule has 1 aromatic rings. The third-order valence-corrected chi connectivity index (χ3v) is 3.76. The highest BCUT2D eigenvalue weighted by Crippen LogP contribution is 2.15. The van der Waals surface area contributed by atoms with Crippen molar-refractivity contribution >= 4 is 28.5 Å². The van der Waals surface area contributed by atoms with Crippen LogP contribution in [0.4, 0.5) is 5.95 Å². The van der Waals surface area contributed by atoms with Crippen LogP contribution in [0.1, 0.15) is 19.8 Å². The van der Waals surface area contributed by atoms with Crippen LogP contribution in [0.3, 0.4) is 0 Å². The van der Waals surface area contributed by atoms with Gasteiger partial charge in [0.1, 0.15) is 0 Å². The molecule has 1 fully saturated rings. The minimum Gasteiger partial charge on any atom is -0.353 e. The van der Waals surface area contributed by atoms with Gasteiger partial charge < -0.3 is 10.2 Å². The van der Waals surface area contributed by atoms with E-state index in [-0.39, 0.29) is 0 Å². The van der Waals surface area contributed by atoms with Gasteiger partial charge in [0.15, 0.2) is 0 Å². The highest BCUT2D eigenvalue weighted by atomic mass is 127. The molecule has 5 heteroatoms. The molecule has 1 N–H and O–H groups in total. The minimum absolute atomic E-state index is 0.732. The summed E-state index contributed by atoms with van der Waals surface area (Å²) in [6.07, 6.45) is 6.33. The largest absolute Gasteiger partial charge is 0.353 e. The molecule has 1 saturated heterocycles. The van der Waals surface area contributed by atoms with Crippen LogP contribution in [0.5, 0.6) is 0 Å². The number of aromatic nitrogens is 2. The summed E-state index contributed by atoms with van der Waals surface area (Å²) in [5, 5.41) is 3.26. The van der Waals surface area contributed by atoms with Crippen molar-refractivity contribution in [3.05, 3.63) is 16.0 Å². The van der Waals surface area contributed by atoms with Crippen LogP contribution >= 0.6 is 22.6 Å². The van der Waals surface area contributed by atoms with E-state index in [0.29, 0.717) is 0 Å². The number of rotatable bonds is 4. The molecule has 0 spiro atoms. The van der Waals surface area contributed by atoms with E-state index in [1.54, 1.807) is 0 Å². The molecule has 0 radical (unpaired) electrons. The zero-order chi connectivity index (χ0) is 12.1. The summed E-state index contributed by atoms with van der Waals surface area (Å²) >= 11 is 2.21. The standard InChI is InChI=1S/C12H19IN4/c1-10-2-5-17(6-3-10)7-4-14-12-15-8-11(13)9-16-12/h8-10H,2-7H2,1H3,(H,14,15,16). The lowest BCUT2D eigenvalue weighted by molar-refractivity contribution is 0.199. The van der Waals surface area contributed by atoms with Crippen molar-refractivity contribution < 1.29 is 0 Å². The summed E-state index contributed by atoms with van der Waals surface area (Å²) in [5.74, 6) is 1.63. The second-order valence-corrected chi connectivity index (χ2v) is 5.92. The molecule has 0 aromatic carbocycles. The summed E-state index contributed by atoms with van der Waals surface area (Å²) in [5.41, 5.74) is 0. The van der Waals surface area contributed by atoms with Crippen LogP contribution in [0.15, 0.2) is 12.4 Å². The third kappa shape index (κ3) is 4.39. The number of hydrogen-bond donors (Lipinski definition) is 1. The van der Waals surface area contributed by atoms with Gasteiger partial charge in [-0.15, -0.1) is 0 Å². The first-order valence-corrected chi connectivity index (χ1v) is 7.25. The smallest absolute Gasteiger partial charge is 0.222 e. The van der Waals surface area contributed by atoms with Gasteiger partial charge in [0.25, 0.3) is 0 Å². The Kier molecular flexibility index (Phi) is 4.97. The molecule has 4 nitrogen and oxygen atoms in total. The lowest BCUT2D eigenvalue weighted by atomic mass is 9.99. The fraction of sp³-hybridized carbons (Fsp3) is 0.667. The predicted molar refractivity (Wildman–Crippen MR) is 78.1 cm³/mol. The quantitative estimate of drug-likeness (QED) is 0.849. The zero-order valence-electron chi connectivity index (χ0n) is 10.2. The van der Waals surface area contributed by atoms with E-state index >= 15 is 0 Å². The molecule has 1 aromatic heterocycles. The van der Waals surface area contributed by atoms with E-state index in [2.05, 4.69) is 49.7 Å². The Labute approximate surface area is 116 Å². The number of nitrogens with zero attached hydrogens (tertiary/aromatic N) is 3. The maximum atomic E-state index is 4.22. The topological polar surface area (TPSA) is 41.0 Å². The van der Waals surface area contributed by atoms with Crippen molar-refractivity contribution in [2.75, 3.05) is 31.5 Å². The van der Waals surface area contributed by atoms with Gasteiger partial charge in [-0.3, -0.25) is 0 Å². The van der Waals surface area contributed by atoms with Crippen LogP contribution in [-0.4, -0.2) is 41.0 Å². The molecular formula is C12H19IN4. The fourth-order valence-corrected chi connectivity index (χ4v) is 2.29. The summed E-state index contributed by atoms with van der Waals surface area (Å²) in [7, 11) is 0. The van der Waals surface area contributed by atoms with Crippen molar-refractivity contribution in [3.8, 4) is 0 Å². The number of likely N-dealkylation sites (tertiary alicyclic amines) is 1. The summed E-state index contributed by atoms with van der Waals surface area (Å²) in [6.45, 7) is 6.82. The number of halogens is 1. The van der Waals surface area contributed by atoms with E-state index in [9.17, 15) is 0 Å². The highest BCUT2D eigenvalue weighted by Gasteiger charge is 2.14. The number of anilines is 1. The lowest BCUT2D eigenvalue weighted by Gasteiger charge is -2.30. The summed E-state index contributed by atoms with van der Waals surface area (Å²) < 4.78 is 1.07. The molecule has 0 atom stereocenters. The maximum Gasteiger partial charge on any atom is 0.222 e. The van der Waals surface area contributed by atoms with Gasteiger partial charge in [-0.2, -0.15) is 0 Å². The third-order valence-electron chi connectivity index (χ3n) is 3.21. The zero-order valence-corrected chi connectivity index (χ0v) is 12.4. The van der Waals surface area contributed by atoms with Crippen LogP contribution < -0.4 is 5.32 Å². The van der Waals surface area contributed by atoms with Gasteiger partial charge >= 0.3 is 0 Å². The molecule has 0 aliphatic carbocycles. The molecular weight excluding hydrogens is 327 g/mol. The van der Waals surface area contributed by atoms with Gasteiger partial charge in [-0.1, -0.05) is 6.92 Å². The van der Waals surface area contributed by atoms with E-state index in [1.165, 1.54) is 25.9 Å². The van der Waals surface area contributed by atoms with Crippen molar-refractivity contribution in [1.29, 1.82) is 0 Å². The Morgan fingerprint density at radius 3 is 2.65 bits per heavy atom. The van der Waals surface area contributed by atoms with Crippen LogP contribution in [0.2, 0.25) is 0 Å². The SMILES string of the molecule is CC1CCN(CCNc2ncc(I)cn2)CC1. The molecule has 0 unspecified atom stereocenters. The molecule has 2 heterocycles. The van der Waals surface area contributed by atoms with Crippen molar-refractivity contribution in [2.45, 2.75) is 19.8 Å². The highest BCUT2D eigenvalue weighted by molar-refractivity contribution is 14.1. The molecule has 1 aliphatic heterocycles. The van der Waals surface area contributed by atoms with Gasteiger partial charge in [0.2, 0.25) is 5.95 Å². The summed E-state index contributed by atoms with van der Waals surface area (Å²) in [4.78, 5) is 11.0. The maximum absolute atomic E-state index is 4.22. The van der Waals surface area contributed by atoms with E-state index in [0.717, 1.165) is 28.5 Å². The first-order chi connectivity index (χ1) is 8.24. The van der Waals surface area contributed by atoms with Crippen LogP contribution in [0, 0.1) is 9.49 Å². The van der Waals surface area contributed by atoms with Crippen LogP contribution in [-0.2, 0) is 0 Å². The van der Waals surface area contributed by atoms with E-state index in [1.807, 2.05) is 12.4 Å². The molecule has 2 rings (SSSR count).